The zero-order valence-corrected chi connectivity index (χ0v) is 15.4. The van der Waals surface area contributed by atoms with E-state index >= 15 is 0 Å². The van der Waals surface area contributed by atoms with E-state index in [0.717, 1.165) is 18.5 Å². The summed E-state index contributed by atoms with van der Waals surface area (Å²) in [7, 11) is 0. The maximum Gasteiger partial charge on any atom is 0.255 e. The van der Waals surface area contributed by atoms with Crippen LogP contribution in [0, 0.1) is 13.8 Å². The summed E-state index contributed by atoms with van der Waals surface area (Å²) in [5.41, 5.74) is 1.47. The molecular weight excluding hydrogens is 332 g/mol. The highest BCUT2D eigenvalue weighted by molar-refractivity contribution is 5.94. The van der Waals surface area contributed by atoms with E-state index < -0.39 is 0 Å². The fourth-order valence-corrected chi connectivity index (χ4v) is 3.01. The van der Waals surface area contributed by atoms with Crippen LogP contribution in [-0.4, -0.2) is 51.6 Å². The van der Waals surface area contributed by atoms with Crippen molar-refractivity contribution < 1.29 is 14.3 Å². The van der Waals surface area contributed by atoms with Gasteiger partial charge in [0.05, 0.1) is 12.2 Å². The molecule has 138 valence electrons. The number of nitrogens with zero attached hydrogens (tertiary/aromatic N) is 4. The average Bonchev–Trinajstić information content (AvgIpc) is 2.62. The van der Waals surface area contributed by atoms with Gasteiger partial charge in [-0.2, -0.15) is 4.98 Å². The van der Waals surface area contributed by atoms with Crippen LogP contribution >= 0.6 is 0 Å². The topological polar surface area (TPSA) is 77.4 Å². The summed E-state index contributed by atoms with van der Waals surface area (Å²) in [5, 5.41) is 0. The van der Waals surface area contributed by atoms with Gasteiger partial charge in [-0.25, -0.2) is 9.97 Å². The van der Waals surface area contributed by atoms with Crippen LogP contribution in [0.5, 0.6) is 11.8 Å². The lowest BCUT2D eigenvalue weighted by atomic mass is 10.1. The van der Waals surface area contributed by atoms with Crippen molar-refractivity contribution in [2.24, 2.45) is 0 Å². The number of hydrogen-bond donors (Lipinski definition) is 0. The SMILES string of the molecule is CCOc1ccc(C(=O)N2CCC(Oc3cc(C)nc(C)n3)CC2)cn1. The lowest BCUT2D eigenvalue weighted by Gasteiger charge is -2.32. The molecular formula is C19H24N4O3. The van der Waals surface area contributed by atoms with Crippen molar-refractivity contribution in [2.75, 3.05) is 19.7 Å². The number of aryl methyl sites for hydroxylation is 2. The van der Waals surface area contributed by atoms with Gasteiger partial charge in [0, 0.05) is 50.0 Å². The maximum absolute atomic E-state index is 12.6. The molecule has 0 aliphatic carbocycles. The molecule has 0 unspecified atom stereocenters. The molecule has 1 amide bonds. The highest BCUT2D eigenvalue weighted by Crippen LogP contribution is 2.20. The van der Waals surface area contributed by atoms with E-state index in [2.05, 4.69) is 15.0 Å². The van der Waals surface area contributed by atoms with E-state index in [4.69, 9.17) is 9.47 Å². The standard InChI is InChI=1S/C19H24N4O3/c1-4-25-17-6-5-15(12-20-17)19(24)23-9-7-16(8-10-23)26-18-11-13(2)21-14(3)22-18/h5-6,11-12,16H,4,7-10H2,1-3H3. The van der Waals surface area contributed by atoms with Crippen LogP contribution in [-0.2, 0) is 0 Å². The Kier molecular flexibility index (Phi) is 5.65. The number of aromatic nitrogens is 3. The zero-order chi connectivity index (χ0) is 18.5. The summed E-state index contributed by atoms with van der Waals surface area (Å²) in [4.78, 5) is 27.2. The summed E-state index contributed by atoms with van der Waals surface area (Å²) < 4.78 is 11.3. The summed E-state index contributed by atoms with van der Waals surface area (Å²) in [6, 6.07) is 5.33. The number of pyridine rings is 1. The van der Waals surface area contributed by atoms with Gasteiger partial charge in [0.25, 0.3) is 5.91 Å². The number of likely N-dealkylation sites (tertiary alicyclic amines) is 1. The molecule has 3 heterocycles. The molecule has 1 saturated heterocycles. The molecule has 2 aromatic rings. The summed E-state index contributed by atoms with van der Waals surface area (Å²) >= 11 is 0. The molecule has 26 heavy (non-hydrogen) atoms. The van der Waals surface area contributed by atoms with Gasteiger partial charge in [0.1, 0.15) is 11.9 Å². The molecule has 7 heteroatoms. The van der Waals surface area contributed by atoms with E-state index in [1.807, 2.05) is 31.7 Å². The Labute approximate surface area is 153 Å². The molecule has 0 radical (unpaired) electrons. The fourth-order valence-electron chi connectivity index (χ4n) is 3.01. The molecule has 0 aromatic carbocycles. The first kappa shape index (κ1) is 18.1. The minimum absolute atomic E-state index is 0.00674. The minimum Gasteiger partial charge on any atom is -0.478 e. The second-order valence-electron chi connectivity index (χ2n) is 6.32. The second kappa shape index (κ2) is 8.12. The lowest BCUT2D eigenvalue weighted by molar-refractivity contribution is 0.0587. The van der Waals surface area contributed by atoms with Gasteiger partial charge in [0.15, 0.2) is 0 Å². The molecule has 3 rings (SSSR count). The molecule has 1 fully saturated rings. The van der Waals surface area contributed by atoms with Crippen LogP contribution in [0.1, 0.15) is 41.6 Å². The molecule has 0 bridgehead atoms. The average molecular weight is 356 g/mol. The Hall–Kier alpha value is -2.70. The Bertz CT molecular complexity index is 736. The van der Waals surface area contributed by atoms with Crippen LogP contribution in [0.2, 0.25) is 0 Å². The Morgan fingerprint density at radius 1 is 1.19 bits per heavy atom. The molecule has 0 spiro atoms. The van der Waals surface area contributed by atoms with Gasteiger partial charge in [-0.3, -0.25) is 4.79 Å². The van der Waals surface area contributed by atoms with Gasteiger partial charge < -0.3 is 14.4 Å². The maximum atomic E-state index is 12.6. The van der Waals surface area contributed by atoms with Gasteiger partial charge in [-0.05, 0) is 26.8 Å². The van der Waals surface area contributed by atoms with E-state index in [1.165, 1.54) is 0 Å². The van der Waals surface area contributed by atoms with E-state index in [0.29, 0.717) is 42.8 Å². The third kappa shape index (κ3) is 4.47. The van der Waals surface area contributed by atoms with Crippen molar-refractivity contribution in [3.63, 3.8) is 0 Å². The molecule has 0 atom stereocenters. The monoisotopic (exact) mass is 356 g/mol. The predicted molar refractivity (Wildman–Crippen MR) is 96.5 cm³/mol. The van der Waals surface area contributed by atoms with E-state index in [9.17, 15) is 4.79 Å². The highest BCUT2D eigenvalue weighted by atomic mass is 16.5. The van der Waals surface area contributed by atoms with Crippen LogP contribution in [0.4, 0.5) is 0 Å². The lowest BCUT2D eigenvalue weighted by Crippen LogP contribution is -2.41. The first-order valence-electron chi connectivity index (χ1n) is 8.92. The Morgan fingerprint density at radius 2 is 1.96 bits per heavy atom. The highest BCUT2D eigenvalue weighted by Gasteiger charge is 2.25. The molecule has 0 saturated carbocycles. The van der Waals surface area contributed by atoms with Crippen LogP contribution in [0.15, 0.2) is 24.4 Å². The second-order valence-corrected chi connectivity index (χ2v) is 6.32. The first-order chi connectivity index (χ1) is 12.5. The smallest absolute Gasteiger partial charge is 0.255 e. The molecule has 0 N–H and O–H groups in total. The zero-order valence-electron chi connectivity index (χ0n) is 15.4. The van der Waals surface area contributed by atoms with Crippen molar-refractivity contribution in [2.45, 2.75) is 39.7 Å². The number of piperidine rings is 1. The van der Waals surface area contributed by atoms with E-state index in [1.54, 1.807) is 18.3 Å². The Balaban J connectivity index is 1.55. The number of amides is 1. The van der Waals surface area contributed by atoms with Crippen LogP contribution < -0.4 is 9.47 Å². The van der Waals surface area contributed by atoms with Gasteiger partial charge in [-0.15, -0.1) is 0 Å². The van der Waals surface area contributed by atoms with Crippen LogP contribution in [0.3, 0.4) is 0 Å². The van der Waals surface area contributed by atoms with Crippen molar-refractivity contribution in [3.8, 4) is 11.8 Å². The number of rotatable bonds is 5. The summed E-state index contributed by atoms with van der Waals surface area (Å²) in [6.07, 6.45) is 3.19. The summed E-state index contributed by atoms with van der Waals surface area (Å²) in [5.74, 6) is 1.84. The van der Waals surface area contributed by atoms with E-state index in [-0.39, 0.29) is 12.0 Å². The molecule has 2 aromatic heterocycles. The third-order valence-electron chi connectivity index (χ3n) is 4.23. The van der Waals surface area contributed by atoms with Crippen molar-refractivity contribution in [1.82, 2.24) is 19.9 Å². The predicted octanol–water partition coefficient (Wildman–Crippen LogP) is 2.57. The molecule has 7 nitrogen and oxygen atoms in total. The molecule has 1 aliphatic rings. The normalized spacial score (nSPS) is 15.0. The minimum atomic E-state index is -0.00674. The van der Waals surface area contributed by atoms with Crippen LogP contribution in [0.25, 0.3) is 0 Å². The number of carbonyl (C=O) groups excluding carboxylic acids is 1. The van der Waals surface area contributed by atoms with Crippen molar-refractivity contribution >= 4 is 5.91 Å². The van der Waals surface area contributed by atoms with Crippen molar-refractivity contribution in [1.29, 1.82) is 0 Å². The number of carbonyl (C=O) groups is 1. The van der Waals surface area contributed by atoms with Gasteiger partial charge in [-0.1, -0.05) is 0 Å². The largest absolute Gasteiger partial charge is 0.478 e. The van der Waals surface area contributed by atoms with Gasteiger partial charge in [0.2, 0.25) is 11.8 Å². The quantitative estimate of drug-likeness (QED) is 0.819. The van der Waals surface area contributed by atoms with Crippen molar-refractivity contribution in [3.05, 3.63) is 41.5 Å². The number of hydrogen-bond acceptors (Lipinski definition) is 6. The number of ether oxygens (including phenoxy) is 2. The summed E-state index contributed by atoms with van der Waals surface area (Å²) in [6.45, 7) is 7.54. The van der Waals surface area contributed by atoms with Gasteiger partial charge >= 0.3 is 0 Å². The Morgan fingerprint density at radius 3 is 2.58 bits per heavy atom. The fraction of sp³-hybridized carbons (Fsp3) is 0.474. The third-order valence-corrected chi connectivity index (χ3v) is 4.23. The molecule has 1 aliphatic heterocycles. The first-order valence-corrected chi connectivity index (χ1v) is 8.92.